The van der Waals surface area contributed by atoms with Gasteiger partial charge in [-0.15, -0.1) is 0 Å². The van der Waals surface area contributed by atoms with Crippen molar-refractivity contribution in [3.63, 3.8) is 0 Å². The third-order valence-electron chi connectivity index (χ3n) is 4.69. The first-order chi connectivity index (χ1) is 9.20. The van der Waals surface area contributed by atoms with E-state index in [-0.39, 0.29) is 5.41 Å². The molecule has 2 fully saturated rings. The molecule has 3 rings (SSSR count). The Morgan fingerprint density at radius 2 is 2.05 bits per heavy atom. The molecular formula is C16H24N2O. The highest BCUT2D eigenvalue weighted by molar-refractivity contribution is 5.31. The summed E-state index contributed by atoms with van der Waals surface area (Å²) < 4.78 is 5.56. The van der Waals surface area contributed by atoms with Gasteiger partial charge in [0, 0.05) is 31.1 Å². The van der Waals surface area contributed by atoms with Crippen molar-refractivity contribution in [2.45, 2.75) is 24.8 Å². The SMILES string of the molecule is Cc1ccc(C2(CC3CNCCN3C)COC2)cc1. The summed E-state index contributed by atoms with van der Waals surface area (Å²) in [5, 5.41) is 3.51. The molecule has 2 saturated heterocycles. The molecule has 1 aromatic rings. The van der Waals surface area contributed by atoms with Crippen LogP contribution in [0.5, 0.6) is 0 Å². The molecule has 0 bridgehead atoms. The number of hydrogen-bond donors (Lipinski definition) is 1. The van der Waals surface area contributed by atoms with E-state index in [0.717, 1.165) is 32.8 Å². The summed E-state index contributed by atoms with van der Waals surface area (Å²) >= 11 is 0. The summed E-state index contributed by atoms with van der Waals surface area (Å²) in [6, 6.07) is 9.64. The highest BCUT2D eigenvalue weighted by Crippen LogP contribution is 2.37. The third-order valence-corrected chi connectivity index (χ3v) is 4.69. The van der Waals surface area contributed by atoms with Crippen molar-refractivity contribution >= 4 is 0 Å². The largest absolute Gasteiger partial charge is 0.379 e. The number of nitrogens with zero attached hydrogens (tertiary/aromatic N) is 1. The van der Waals surface area contributed by atoms with Crippen molar-refractivity contribution in [1.82, 2.24) is 10.2 Å². The van der Waals surface area contributed by atoms with Crippen LogP contribution in [0.2, 0.25) is 0 Å². The second-order valence-electron chi connectivity index (χ2n) is 6.18. The molecule has 0 aliphatic carbocycles. The van der Waals surface area contributed by atoms with Gasteiger partial charge in [0.1, 0.15) is 0 Å². The van der Waals surface area contributed by atoms with E-state index in [0.29, 0.717) is 6.04 Å². The van der Waals surface area contributed by atoms with E-state index >= 15 is 0 Å². The number of aryl methyl sites for hydroxylation is 1. The predicted octanol–water partition coefficient (Wildman–Crippen LogP) is 1.56. The number of piperazine rings is 1. The van der Waals surface area contributed by atoms with Gasteiger partial charge in [-0.2, -0.15) is 0 Å². The zero-order valence-corrected chi connectivity index (χ0v) is 12.0. The molecule has 0 amide bonds. The van der Waals surface area contributed by atoms with Crippen LogP contribution >= 0.6 is 0 Å². The summed E-state index contributed by atoms with van der Waals surface area (Å²) in [5.74, 6) is 0. The van der Waals surface area contributed by atoms with Crippen LogP contribution in [0.1, 0.15) is 17.5 Å². The summed E-state index contributed by atoms with van der Waals surface area (Å²) in [5.41, 5.74) is 3.02. The Hall–Kier alpha value is -0.900. The molecule has 2 aliphatic heterocycles. The number of rotatable bonds is 3. The fraction of sp³-hybridized carbons (Fsp3) is 0.625. The van der Waals surface area contributed by atoms with Gasteiger partial charge in [0.05, 0.1) is 13.2 Å². The first-order valence-electron chi connectivity index (χ1n) is 7.25. The maximum Gasteiger partial charge on any atom is 0.0586 e. The van der Waals surface area contributed by atoms with Gasteiger partial charge in [-0.25, -0.2) is 0 Å². The van der Waals surface area contributed by atoms with Gasteiger partial charge in [-0.05, 0) is 26.0 Å². The van der Waals surface area contributed by atoms with E-state index in [1.807, 2.05) is 0 Å². The highest BCUT2D eigenvalue weighted by atomic mass is 16.5. The number of hydrogen-bond acceptors (Lipinski definition) is 3. The van der Waals surface area contributed by atoms with Crippen molar-refractivity contribution in [3.05, 3.63) is 35.4 Å². The van der Waals surface area contributed by atoms with E-state index in [9.17, 15) is 0 Å². The molecule has 3 heteroatoms. The molecule has 1 N–H and O–H groups in total. The number of likely N-dealkylation sites (N-methyl/N-ethyl adjacent to an activating group) is 1. The lowest BCUT2D eigenvalue weighted by atomic mass is 9.73. The third kappa shape index (κ3) is 2.55. The van der Waals surface area contributed by atoms with Gasteiger partial charge in [0.15, 0.2) is 0 Å². The molecule has 104 valence electrons. The van der Waals surface area contributed by atoms with Gasteiger partial charge in [0.2, 0.25) is 0 Å². The lowest BCUT2D eigenvalue weighted by Crippen LogP contribution is -2.56. The van der Waals surface area contributed by atoms with Gasteiger partial charge in [-0.1, -0.05) is 29.8 Å². The van der Waals surface area contributed by atoms with Gasteiger partial charge >= 0.3 is 0 Å². The van der Waals surface area contributed by atoms with E-state index in [4.69, 9.17) is 4.74 Å². The zero-order valence-electron chi connectivity index (χ0n) is 12.0. The molecular weight excluding hydrogens is 236 g/mol. The van der Waals surface area contributed by atoms with Crippen LogP contribution in [0.4, 0.5) is 0 Å². The van der Waals surface area contributed by atoms with Crippen LogP contribution in [0.15, 0.2) is 24.3 Å². The maximum atomic E-state index is 5.56. The van der Waals surface area contributed by atoms with Crippen molar-refractivity contribution in [1.29, 1.82) is 0 Å². The molecule has 2 aliphatic rings. The Bertz CT molecular complexity index is 425. The van der Waals surface area contributed by atoms with Crippen molar-refractivity contribution in [2.24, 2.45) is 0 Å². The maximum absolute atomic E-state index is 5.56. The Morgan fingerprint density at radius 1 is 1.32 bits per heavy atom. The van der Waals surface area contributed by atoms with Crippen LogP contribution in [-0.2, 0) is 10.2 Å². The molecule has 0 spiro atoms. The lowest BCUT2D eigenvalue weighted by Gasteiger charge is -2.47. The van der Waals surface area contributed by atoms with E-state index in [1.165, 1.54) is 17.5 Å². The number of nitrogens with one attached hydrogen (secondary N) is 1. The first-order valence-corrected chi connectivity index (χ1v) is 7.25. The second-order valence-corrected chi connectivity index (χ2v) is 6.18. The van der Waals surface area contributed by atoms with Crippen LogP contribution in [0.3, 0.4) is 0 Å². The quantitative estimate of drug-likeness (QED) is 0.892. The average Bonchev–Trinajstić information content (AvgIpc) is 2.37. The summed E-state index contributed by atoms with van der Waals surface area (Å²) in [7, 11) is 2.24. The van der Waals surface area contributed by atoms with Crippen LogP contribution < -0.4 is 5.32 Å². The number of benzene rings is 1. The predicted molar refractivity (Wildman–Crippen MR) is 77.6 cm³/mol. The van der Waals surface area contributed by atoms with Crippen molar-refractivity contribution in [2.75, 3.05) is 39.9 Å². The molecule has 19 heavy (non-hydrogen) atoms. The van der Waals surface area contributed by atoms with E-state index < -0.39 is 0 Å². The molecule has 0 saturated carbocycles. The Kier molecular flexibility index (Phi) is 3.61. The number of ether oxygens (including phenoxy) is 1. The molecule has 1 unspecified atom stereocenters. The molecule has 1 aromatic carbocycles. The Balaban J connectivity index is 1.77. The standard InChI is InChI=1S/C16H24N2O/c1-13-3-5-14(6-4-13)16(11-19-12-16)9-15-10-17-7-8-18(15)2/h3-6,15,17H,7-12H2,1-2H3. The van der Waals surface area contributed by atoms with Crippen LogP contribution in [0, 0.1) is 6.92 Å². The van der Waals surface area contributed by atoms with Gasteiger partial charge in [-0.3, -0.25) is 0 Å². The molecule has 3 nitrogen and oxygen atoms in total. The second kappa shape index (κ2) is 5.23. The minimum atomic E-state index is 0.242. The van der Waals surface area contributed by atoms with E-state index in [1.54, 1.807) is 0 Å². The summed E-state index contributed by atoms with van der Waals surface area (Å²) in [6.07, 6.45) is 1.19. The van der Waals surface area contributed by atoms with Crippen molar-refractivity contribution in [3.8, 4) is 0 Å². The molecule has 0 aromatic heterocycles. The zero-order chi connectivity index (χ0) is 13.3. The van der Waals surface area contributed by atoms with E-state index in [2.05, 4.69) is 48.5 Å². The fourth-order valence-electron chi connectivity index (χ4n) is 3.20. The van der Waals surface area contributed by atoms with Crippen molar-refractivity contribution < 1.29 is 4.74 Å². The van der Waals surface area contributed by atoms with Gasteiger partial charge in [0.25, 0.3) is 0 Å². The average molecular weight is 260 g/mol. The highest BCUT2D eigenvalue weighted by Gasteiger charge is 2.42. The smallest absolute Gasteiger partial charge is 0.0586 e. The van der Waals surface area contributed by atoms with Crippen LogP contribution in [0.25, 0.3) is 0 Å². The normalized spacial score (nSPS) is 26.9. The van der Waals surface area contributed by atoms with Crippen LogP contribution in [-0.4, -0.2) is 50.8 Å². The Morgan fingerprint density at radius 3 is 2.63 bits per heavy atom. The minimum Gasteiger partial charge on any atom is -0.379 e. The summed E-state index contributed by atoms with van der Waals surface area (Å²) in [4.78, 5) is 2.49. The first kappa shape index (κ1) is 13.1. The van der Waals surface area contributed by atoms with Gasteiger partial charge < -0.3 is 15.0 Å². The Labute approximate surface area is 115 Å². The summed E-state index contributed by atoms with van der Waals surface area (Å²) in [6.45, 7) is 7.26. The lowest BCUT2D eigenvalue weighted by molar-refractivity contribution is -0.0754. The molecule has 1 atom stereocenters. The molecule has 2 heterocycles. The monoisotopic (exact) mass is 260 g/mol. The topological polar surface area (TPSA) is 24.5 Å². The minimum absolute atomic E-state index is 0.242. The fourth-order valence-corrected chi connectivity index (χ4v) is 3.20. The molecule has 0 radical (unpaired) electrons.